The SMILES string of the molecule is COc1ccc([C@H]2CCCN2CC(=O)Nc2cc(C)nn2-c2ccc(C)cc2)c(OC)c1. The van der Waals surface area contributed by atoms with Crippen LogP contribution in [0, 0.1) is 13.8 Å². The summed E-state index contributed by atoms with van der Waals surface area (Å²) in [4.78, 5) is 15.2. The Kier molecular flexibility index (Phi) is 6.46. The number of benzene rings is 2. The van der Waals surface area contributed by atoms with Gasteiger partial charge in [-0.3, -0.25) is 9.69 Å². The lowest BCUT2D eigenvalue weighted by molar-refractivity contribution is -0.117. The third kappa shape index (κ3) is 4.62. The van der Waals surface area contributed by atoms with Crippen LogP contribution < -0.4 is 14.8 Å². The van der Waals surface area contributed by atoms with Crippen LogP contribution in [0.5, 0.6) is 11.5 Å². The van der Waals surface area contributed by atoms with Gasteiger partial charge >= 0.3 is 0 Å². The number of carbonyl (C=O) groups excluding carboxylic acids is 1. The van der Waals surface area contributed by atoms with Gasteiger partial charge in [-0.25, -0.2) is 4.68 Å². The molecule has 1 aromatic heterocycles. The molecule has 2 aromatic carbocycles. The minimum atomic E-state index is -0.0577. The summed E-state index contributed by atoms with van der Waals surface area (Å²) in [7, 11) is 3.31. The summed E-state index contributed by atoms with van der Waals surface area (Å²) >= 11 is 0. The number of hydrogen-bond acceptors (Lipinski definition) is 5. The Hall–Kier alpha value is -3.32. The summed E-state index contributed by atoms with van der Waals surface area (Å²) in [6, 6.07) is 16.0. The van der Waals surface area contributed by atoms with Gasteiger partial charge in [0, 0.05) is 23.7 Å². The minimum Gasteiger partial charge on any atom is -0.497 e. The van der Waals surface area contributed by atoms with Crippen molar-refractivity contribution in [2.24, 2.45) is 0 Å². The van der Waals surface area contributed by atoms with Crippen LogP contribution >= 0.6 is 0 Å². The average molecular weight is 435 g/mol. The summed E-state index contributed by atoms with van der Waals surface area (Å²) in [6.07, 6.45) is 2.02. The Balaban J connectivity index is 1.50. The van der Waals surface area contributed by atoms with E-state index in [0.717, 1.165) is 47.8 Å². The number of methoxy groups -OCH3 is 2. The topological polar surface area (TPSA) is 68.6 Å². The third-order valence-corrected chi connectivity index (χ3v) is 5.89. The Morgan fingerprint density at radius 2 is 1.88 bits per heavy atom. The molecule has 168 valence electrons. The van der Waals surface area contributed by atoms with E-state index in [1.807, 2.05) is 62.4 Å². The fraction of sp³-hybridized carbons (Fsp3) is 0.360. The predicted octanol–water partition coefficient (Wildman–Crippen LogP) is 4.28. The van der Waals surface area contributed by atoms with Crippen LogP contribution in [-0.2, 0) is 4.79 Å². The number of amides is 1. The molecule has 0 aliphatic carbocycles. The highest BCUT2D eigenvalue weighted by Gasteiger charge is 2.30. The first-order valence-corrected chi connectivity index (χ1v) is 10.9. The third-order valence-electron chi connectivity index (χ3n) is 5.89. The van der Waals surface area contributed by atoms with Crippen molar-refractivity contribution in [3.8, 4) is 17.2 Å². The summed E-state index contributed by atoms with van der Waals surface area (Å²) in [6.45, 7) is 5.14. The number of aromatic nitrogens is 2. The largest absolute Gasteiger partial charge is 0.497 e. The number of anilines is 1. The zero-order valence-corrected chi connectivity index (χ0v) is 19.1. The van der Waals surface area contributed by atoms with Crippen molar-refractivity contribution in [3.05, 3.63) is 65.4 Å². The Labute approximate surface area is 188 Å². The second-order valence-corrected chi connectivity index (χ2v) is 8.20. The van der Waals surface area contributed by atoms with Crippen molar-refractivity contribution >= 4 is 11.7 Å². The van der Waals surface area contributed by atoms with E-state index >= 15 is 0 Å². The molecule has 1 amide bonds. The fourth-order valence-corrected chi connectivity index (χ4v) is 4.30. The van der Waals surface area contributed by atoms with Gasteiger partial charge in [-0.15, -0.1) is 0 Å². The molecule has 7 heteroatoms. The highest BCUT2D eigenvalue weighted by atomic mass is 16.5. The molecular formula is C25H30N4O3. The maximum Gasteiger partial charge on any atom is 0.239 e. The fourth-order valence-electron chi connectivity index (χ4n) is 4.30. The van der Waals surface area contributed by atoms with Gasteiger partial charge in [0.1, 0.15) is 17.3 Å². The second kappa shape index (κ2) is 9.44. The van der Waals surface area contributed by atoms with Crippen molar-refractivity contribution in [3.63, 3.8) is 0 Å². The van der Waals surface area contributed by atoms with Gasteiger partial charge in [-0.2, -0.15) is 5.10 Å². The van der Waals surface area contributed by atoms with Gasteiger partial charge in [-0.1, -0.05) is 23.8 Å². The molecule has 7 nitrogen and oxygen atoms in total. The molecule has 32 heavy (non-hydrogen) atoms. The number of aryl methyl sites for hydroxylation is 2. The number of likely N-dealkylation sites (tertiary alicyclic amines) is 1. The van der Waals surface area contributed by atoms with Gasteiger partial charge in [0.05, 0.1) is 32.1 Å². The number of rotatable bonds is 7. The van der Waals surface area contributed by atoms with Crippen LogP contribution in [0.1, 0.15) is 35.7 Å². The van der Waals surface area contributed by atoms with Gasteiger partial charge in [0.2, 0.25) is 5.91 Å². The van der Waals surface area contributed by atoms with E-state index in [2.05, 4.69) is 15.3 Å². The van der Waals surface area contributed by atoms with Gasteiger partial charge in [-0.05, 0) is 51.4 Å². The highest BCUT2D eigenvalue weighted by Crippen LogP contribution is 2.38. The highest BCUT2D eigenvalue weighted by molar-refractivity contribution is 5.91. The maximum absolute atomic E-state index is 13.0. The predicted molar refractivity (Wildman–Crippen MR) is 125 cm³/mol. The molecule has 1 N–H and O–H groups in total. The molecule has 0 bridgehead atoms. The first-order chi connectivity index (χ1) is 15.5. The van der Waals surface area contributed by atoms with Crippen LogP contribution in [0.2, 0.25) is 0 Å². The lowest BCUT2D eigenvalue weighted by Crippen LogP contribution is -2.33. The molecule has 4 rings (SSSR count). The molecular weight excluding hydrogens is 404 g/mol. The number of carbonyl (C=O) groups is 1. The normalized spacial score (nSPS) is 16.2. The number of nitrogens with one attached hydrogen (secondary N) is 1. The molecule has 2 heterocycles. The molecule has 0 saturated carbocycles. The van der Waals surface area contributed by atoms with E-state index < -0.39 is 0 Å². The van der Waals surface area contributed by atoms with Crippen molar-refractivity contribution in [1.82, 2.24) is 14.7 Å². The maximum atomic E-state index is 13.0. The lowest BCUT2D eigenvalue weighted by atomic mass is 10.0. The van der Waals surface area contributed by atoms with E-state index in [4.69, 9.17) is 9.47 Å². The number of ether oxygens (including phenoxy) is 2. The van der Waals surface area contributed by atoms with Crippen molar-refractivity contribution in [2.75, 3.05) is 32.6 Å². The van der Waals surface area contributed by atoms with Gasteiger partial charge < -0.3 is 14.8 Å². The van der Waals surface area contributed by atoms with Crippen LogP contribution in [0.15, 0.2) is 48.5 Å². The molecule has 0 unspecified atom stereocenters. The molecule has 3 aromatic rings. The van der Waals surface area contributed by atoms with Crippen molar-refractivity contribution < 1.29 is 14.3 Å². The van der Waals surface area contributed by atoms with E-state index in [0.29, 0.717) is 12.4 Å². The standard InChI is InChI=1S/C25H30N4O3/c1-17-7-9-19(10-8-17)29-24(14-18(2)27-29)26-25(30)16-28-13-5-6-22(28)21-12-11-20(31-3)15-23(21)32-4/h7-12,14-15,22H,5-6,13,16H2,1-4H3,(H,26,30)/t22-/m1/s1. The molecule has 0 radical (unpaired) electrons. The monoisotopic (exact) mass is 434 g/mol. The Morgan fingerprint density at radius 3 is 2.59 bits per heavy atom. The van der Waals surface area contributed by atoms with Crippen LogP contribution in [0.25, 0.3) is 5.69 Å². The first kappa shape index (κ1) is 21.9. The Morgan fingerprint density at radius 1 is 1.09 bits per heavy atom. The van der Waals surface area contributed by atoms with Gasteiger partial charge in [0.15, 0.2) is 0 Å². The molecule has 1 saturated heterocycles. The Bertz CT molecular complexity index is 1090. The summed E-state index contributed by atoms with van der Waals surface area (Å²) in [5.41, 5.74) is 4.03. The first-order valence-electron chi connectivity index (χ1n) is 10.9. The molecule has 0 spiro atoms. The zero-order valence-electron chi connectivity index (χ0n) is 19.1. The van der Waals surface area contributed by atoms with Crippen LogP contribution in [0.3, 0.4) is 0 Å². The smallest absolute Gasteiger partial charge is 0.239 e. The molecule has 1 fully saturated rings. The zero-order chi connectivity index (χ0) is 22.7. The van der Waals surface area contributed by atoms with Crippen molar-refractivity contribution in [2.45, 2.75) is 32.7 Å². The van der Waals surface area contributed by atoms with Crippen LogP contribution in [0.4, 0.5) is 5.82 Å². The minimum absolute atomic E-state index is 0.0577. The molecule has 1 aliphatic heterocycles. The van der Waals surface area contributed by atoms with Gasteiger partial charge in [0.25, 0.3) is 0 Å². The average Bonchev–Trinajstić information content (AvgIpc) is 3.39. The molecule has 1 atom stereocenters. The van der Waals surface area contributed by atoms with E-state index in [1.165, 1.54) is 5.56 Å². The summed E-state index contributed by atoms with van der Waals surface area (Å²) in [5.74, 6) is 2.16. The van der Waals surface area contributed by atoms with Crippen molar-refractivity contribution in [1.29, 1.82) is 0 Å². The van der Waals surface area contributed by atoms with Crippen LogP contribution in [-0.4, -0.2) is 47.9 Å². The number of hydrogen-bond donors (Lipinski definition) is 1. The second-order valence-electron chi connectivity index (χ2n) is 8.20. The number of nitrogens with zero attached hydrogens (tertiary/aromatic N) is 3. The van der Waals surface area contributed by atoms with E-state index in [-0.39, 0.29) is 11.9 Å². The summed E-state index contributed by atoms with van der Waals surface area (Å²) in [5, 5.41) is 7.62. The van der Waals surface area contributed by atoms with E-state index in [9.17, 15) is 4.79 Å². The summed E-state index contributed by atoms with van der Waals surface area (Å²) < 4.78 is 12.7. The quantitative estimate of drug-likeness (QED) is 0.601. The van der Waals surface area contributed by atoms with E-state index in [1.54, 1.807) is 18.9 Å². The lowest BCUT2D eigenvalue weighted by Gasteiger charge is -2.26. The molecule has 1 aliphatic rings.